The van der Waals surface area contributed by atoms with E-state index < -0.39 is 10.0 Å². The highest BCUT2D eigenvalue weighted by Gasteiger charge is 2.32. The largest absolute Gasteiger partial charge is 0.349 e. The zero-order valence-corrected chi connectivity index (χ0v) is 19.4. The molecule has 162 valence electrons. The summed E-state index contributed by atoms with van der Waals surface area (Å²) in [6, 6.07) is 15.2. The molecule has 0 aromatic heterocycles. The van der Waals surface area contributed by atoms with Crippen LogP contribution in [0, 0.1) is 5.92 Å². The second-order valence-corrected chi connectivity index (χ2v) is 10.5. The van der Waals surface area contributed by atoms with E-state index in [0.29, 0.717) is 30.8 Å². The Morgan fingerprint density at radius 3 is 2.23 bits per heavy atom. The SMILES string of the molecule is CCc1ccc(C(C)NC(=O)C2CCN(S(=O)(=O)c3ccc(SC)cc3)CC2)cc1. The van der Waals surface area contributed by atoms with Crippen LogP contribution in [-0.2, 0) is 21.2 Å². The highest BCUT2D eigenvalue weighted by molar-refractivity contribution is 7.98. The Bertz CT molecular complexity index is 949. The molecule has 30 heavy (non-hydrogen) atoms. The van der Waals surface area contributed by atoms with Crippen LogP contribution < -0.4 is 5.32 Å². The van der Waals surface area contributed by atoms with Crippen LogP contribution in [0.3, 0.4) is 0 Å². The number of carbonyl (C=O) groups excluding carboxylic acids is 1. The van der Waals surface area contributed by atoms with Crippen LogP contribution in [0.25, 0.3) is 0 Å². The number of sulfonamides is 1. The highest BCUT2D eigenvalue weighted by atomic mass is 32.2. The molecule has 1 atom stereocenters. The average molecular weight is 447 g/mol. The van der Waals surface area contributed by atoms with Crippen LogP contribution >= 0.6 is 11.8 Å². The van der Waals surface area contributed by atoms with Crippen molar-refractivity contribution in [2.75, 3.05) is 19.3 Å². The Labute approximate surface area is 184 Å². The first-order valence-electron chi connectivity index (χ1n) is 10.4. The third-order valence-corrected chi connectivity index (χ3v) is 8.43. The Morgan fingerprint density at radius 1 is 1.10 bits per heavy atom. The smallest absolute Gasteiger partial charge is 0.243 e. The molecule has 1 amide bonds. The third kappa shape index (κ3) is 5.25. The van der Waals surface area contributed by atoms with Crippen molar-refractivity contribution in [3.63, 3.8) is 0 Å². The van der Waals surface area contributed by atoms with E-state index in [9.17, 15) is 13.2 Å². The Hall–Kier alpha value is -1.83. The van der Waals surface area contributed by atoms with Crippen molar-refractivity contribution >= 4 is 27.7 Å². The van der Waals surface area contributed by atoms with E-state index in [0.717, 1.165) is 16.9 Å². The van der Waals surface area contributed by atoms with Crippen molar-refractivity contribution < 1.29 is 13.2 Å². The number of hydrogen-bond donors (Lipinski definition) is 1. The van der Waals surface area contributed by atoms with Gasteiger partial charge in [-0.15, -0.1) is 11.8 Å². The number of nitrogens with zero attached hydrogens (tertiary/aromatic N) is 1. The fourth-order valence-corrected chi connectivity index (χ4v) is 5.59. The molecule has 0 aliphatic carbocycles. The molecule has 5 nitrogen and oxygen atoms in total. The molecule has 0 radical (unpaired) electrons. The van der Waals surface area contributed by atoms with E-state index in [1.54, 1.807) is 23.9 Å². The van der Waals surface area contributed by atoms with Crippen molar-refractivity contribution in [2.24, 2.45) is 5.92 Å². The fourth-order valence-electron chi connectivity index (χ4n) is 3.71. The van der Waals surface area contributed by atoms with Gasteiger partial charge in [0.2, 0.25) is 15.9 Å². The van der Waals surface area contributed by atoms with Gasteiger partial charge in [0, 0.05) is 23.9 Å². The van der Waals surface area contributed by atoms with Gasteiger partial charge in [0.05, 0.1) is 10.9 Å². The molecule has 1 unspecified atom stereocenters. The number of aryl methyl sites for hydroxylation is 1. The quantitative estimate of drug-likeness (QED) is 0.646. The summed E-state index contributed by atoms with van der Waals surface area (Å²) in [6.45, 7) is 4.83. The molecule has 1 saturated heterocycles. The number of carbonyl (C=O) groups is 1. The predicted molar refractivity (Wildman–Crippen MR) is 122 cm³/mol. The van der Waals surface area contributed by atoms with Crippen LogP contribution in [-0.4, -0.2) is 38.0 Å². The van der Waals surface area contributed by atoms with Gasteiger partial charge >= 0.3 is 0 Å². The molecule has 1 N–H and O–H groups in total. The van der Waals surface area contributed by atoms with E-state index in [1.807, 2.05) is 25.3 Å². The van der Waals surface area contributed by atoms with E-state index in [1.165, 1.54) is 9.87 Å². The maximum Gasteiger partial charge on any atom is 0.243 e. The molecule has 2 aromatic rings. The van der Waals surface area contributed by atoms with Crippen LogP contribution in [0.2, 0.25) is 0 Å². The summed E-state index contributed by atoms with van der Waals surface area (Å²) in [5.74, 6) is -0.156. The van der Waals surface area contributed by atoms with Gasteiger partial charge in [-0.25, -0.2) is 8.42 Å². The molecular formula is C23H30N2O3S2. The lowest BCUT2D eigenvalue weighted by Gasteiger charge is -2.31. The number of rotatable bonds is 7. The van der Waals surface area contributed by atoms with Crippen LogP contribution in [0.15, 0.2) is 58.3 Å². The monoisotopic (exact) mass is 446 g/mol. The van der Waals surface area contributed by atoms with Gasteiger partial charge in [-0.05, 0) is 67.8 Å². The van der Waals surface area contributed by atoms with E-state index >= 15 is 0 Å². The summed E-state index contributed by atoms with van der Waals surface area (Å²) < 4.78 is 27.3. The van der Waals surface area contributed by atoms with Gasteiger partial charge in [-0.3, -0.25) is 4.79 Å². The summed E-state index contributed by atoms with van der Waals surface area (Å²) in [7, 11) is -3.52. The highest BCUT2D eigenvalue weighted by Crippen LogP contribution is 2.26. The number of piperidine rings is 1. The average Bonchev–Trinajstić information content (AvgIpc) is 2.79. The van der Waals surface area contributed by atoms with Crippen molar-refractivity contribution in [1.82, 2.24) is 9.62 Å². The molecular weight excluding hydrogens is 416 g/mol. The third-order valence-electron chi connectivity index (χ3n) is 5.77. The number of thioether (sulfide) groups is 1. The molecule has 1 aliphatic heterocycles. The van der Waals surface area contributed by atoms with E-state index in [2.05, 4.69) is 36.5 Å². The first kappa shape index (κ1) is 22.8. The van der Waals surface area contributed by atoms with Crippen LogP contribution in [0.4, 0.5) is 0 Å². The van der Waals surface area contributed by atoms with Gasteiger partial charge in [-0.1, -0.05) is 31.2 Å². The van der Waals surface area contributed by atoms with E-state index in [-0.39, 0.29) is 17.9 Å². The molecule has 1 heterocycles. The van der Waals surface area contributed by atoms with Gasteiger partial charge in [-0.2, -0.15) is 4.31 Å². The maximum absolute atomic E-state index is 12.9. The summed E-state index contributed by atoms with van der Waals surface area (Å²) in [4.78, 5) is 14.1. The molecule has 2 aromatic carbocycles. The standard InChI is InChI=1S/C23H30N2O3S2/c1-4-18-5-7-19(8-6-18)17(2)24-23(26)20-13-15-25(16-14-20)30(27,28)22-11-9-21(29-3)10-12-22/h5-12,17,20H,4,13-16H2,1-3H3,(H,24,26). The summed E-state index contributed by atoms with van der Waals surface area (Å²) in [5.41, 5.74) is 2.35. The Balaban J connectivity index is 1.56. The van der Waals surface area contributed by atoms with Gasteiger partial charge < -0.3 is 5.32 Å². The molecule has 1 fully saturated rings. The van der Waals surface area contributed by atoms with Crippen molar-refractivity contribution in [1.29, 1.82) is 0 Å². The van der Waals surface area contributed by atoms with Crippen LogP contribution in [0.5, 0.6) is 0 Å². The molecule has 0 saturated carbocycles. The molecule has 3 rings (SSSR count). The Morgan fingerprint density at radius 2 is 1.70 bits per heavy atom. The summed E-state index contributed by atoms with van der Waals surface area (Å²) in [5, 5.41) is 3.09. The summed E-state index contributed by atoms with van der Waals surface area (Å²) in [6.07, 6.45) is 4.02. The predicted octanol–water partition coefficient (Wildman–Crippen LogP) is 4.25. The zero-order chi connectivity index (χ0) is 21.7. The number of nitrogens with one attached hydrogen (secondary N) is 1. The molecule has 7 heteroatoms. The number of hydrogen-bond acceptors (Lipinski definition) is 4. The van der Waals surface area contributed by atoms with Crippen molar-refractivity contribution in [3.8, 4) is 0 Å². The first-order chi connectivity index (χ1) is 14.3. The minimum atomic E-state index is -3.52. The second-order valence-electron chi connectivity index (χ2n) is 7.68. The van der Waals surface area contributed by atoms with Crippen molar-refractivity contribution in [3.05, 3.63) is 59.7 Å². The van der Waals surface area contributed by atoms with Crippen molar-refractivity contribution in [2.45, 2.75) is 48.9 Å². The normalized spacial score (nSPS) is 16.9. The molecule has 1 aliphatic rings. The van der Waals surface area contributed by atoms with Gasteiger partial charge in [0.1, 0.15) is 0 Å². The lowest BCUT2D eigenvalue weighted by Crippen LogP contribution is -2.43. The second kappa shape index (κ2) is 9.98. The molecule has 0 spiro atoms. The summed E-state index contributed by atoms with van der Waals surface area (Å²) >= 11 is 1.58. The lowest BCUT2D eigenvalue weighted by molar-refractivity contribution is -0.126. The van der Waals surface area contributed by atoms with Gasteiger partial charge in [0.15, 0.2) is 0 Å². The minimum Gasteiger partial charge on any atom is -0.349 e. The fraction of sp³-hybridized carbons (Fsp3) is 0.435. The maximum atomic E-state index is 12.9. The van der Waals surface area contributed by atoms with E-state index in [4.69, 9.17) is 0 Å². The van der Waals surface area contributed by atoms with Crippen LogP contribution in [0.1, 0.15) is 43.9 Å². The topological polar surface area (TPSA) is 66.5 Å². The lowest BCUT2D eigenvalue weighted by atomic mass is 9.96. The first-order valence-corrected chi connectivity index (χ1v) is 13.0. The number of amides is 1. The van der Waals surface area contributed by atoms with Gasteiger partial charge in [0.25, 0.3) is 0 Å². The zero-order valence-electron chi connectivity index (χ0n) is 17.8. The Kier molecular flexibility index (Phi) is 7.60. The minimum absolute atomic E-state index is 0.00318. The molecule has 0 bridgehead atoms. The number of benzene rings is 2.